The summed E-state index contributed by atoms with van der Waals surface area (Å²) in [4.78, 5) is 30.9. The fourth-order valence-corrected chi connectivity index (χ4v) is 4.92. The molecule has 1 aromatic carbocycles. The van der Waals surface area contributed by atoms with Gasteiger partial charge in [0, 0.05) is 45.5 Å². The number of halogens is 4. The third-order valence-electron chi connectivity index (χ3n) is 6.03. The highest BCUT2D eigenvalue weighted by Gasteiger charge is 2.45. The van der Waals surface area contributed by atoms with Gasteiger partial charge in [-0.05, 0) is 58.5 Å². The average molecular weight is 534 g/mol. The van der Waals surface area contributed by atoms with Crippen molar-refractivity contribution in [2.24, 2.45) is 5.41 Å². The molecule has 2 N–H and O–H groups in total. The minimum atomic E-state index is -4.65. The molecule has 2 heterocycles. The molecule has 0 radical (unpaired) electrons. The van der Waals surface area contributed by atoms with Crippen molar-refractivity contribution >= 4 is 33.4 Å². The number of nitrogens with one attached hydrogen (secondary N) is 2. The number of ketones is 1. The van der Waals surface area contributed by atoms with Crippen molar-refractivity contribution in [2.75, 3.05) is 5.32 Å². The first-order chi connectivity index (χ1) is 15.9. The van der Waals surface area contributed by atoms with Gasteiger partial charge < -0.3 is 10.6 Å². The fraction of sp³-hybridized carbons (Fsp3) is 0.320. The minimum absolute atomic E-state index is 0.0632. The first kappa shape index (κ1) is 24.2. The van der Waals surface area contributed by atoms with Crippen LogP contribution in [0.5, 0.6) is 0 Å². The minimum Gasteiger partial charge on any atom is -0.362 e. The normalized spacial score (nSPS) is 20.1. The molecule has 0 saturated carbocycles. The number of allylic oxidation sites excluding steroid dienone is 3. The quantitative estimate of drug-likeness (QED) is 0.499. The predicted octanol–water partition coefficient (Wildman–Crippen LogP) is 6.11. The highest BCUT2D eigenvalue weighted by Crippen LogP contribution is 2.49. The third-order valence-corrected chi connectivity index (χ3v) is 6.50. The summed E-state index contributed by atoms with van der Waals surface area (Å²) in [6.45, 7) is 5.52. The van der Waals surface area contributed by atoms with Crippen molar-refractivity contribution in [2.45, 2.75) is 45.7 Å². The van der Waals surface area contributed by atoms with E-state index in [2.05, 4.69) is 31.5 Å². The molecule has 0 spiro atoms. The lowest BCUT2D eigenvalue weighted by Crippen LogP contribution is -2.39. The molecule has 1 amide bonds. The number of dihydropyridines is 1. The van der Waals surface area contributed by atoms with Crippen LogP contribution in [0.3, 0.4) is 0 Å². The van der Waals surface area contributed by atoms with Crippen LogP contribution in [0.4, 0.5) is 19.0 Å². The van der Waals surface area contributed by atoms with Crippen LogP contribution in [0.15, 0.2) is 69.6 Å². The number of alkyl halides is 3. The largest absolute Gasteiger partial charge is 0.416 e. The maximum absolute atomic E-state index is 14.0. The van der Waals surface area contributed by atoms with Gasteiger partial charge in [-0.3, -0.25) is 9.59 Å². The van der Waals surface area contributed by atoms with E-state index in [4.69, 9.17) is 0 Å². The van der Waals surface area contributed by atoms with E-state index in [-0.39, 0.29) is 40.1 Å². The molecular weight excluding hydrogens is 511 g/mol. The first-order valence-corrected chi connectivity index (χ1v) is 11.5. The van der Waals surface area contributed by atoms with Crippen molar-refractivity contribution in [1.82, 2.24) is 10.3 Å². The SMILES string of the molecule is CC1=C(C(=O)Nc2ccc(Br)cn2)C(c2ccccc2C(F)(F)F)C2=C(CC(C)(C)CC2=O)N1. The number of benzene rings is 1. The van der Waals surface area contributed by atoms with Gasteiger partial charge in [-0.1, -0.05) is 32.0 Å². The highest BCUT2D eigenvalue weighted by molar-refractivity contribution is 9.10. The van der Waals surface area contributed by atoms with Gasteiger partial charge >= 0.3 is 6.18 Å². The van der Waals surface area contributed by atoms with E-state index in [9.17, 15) is 22.8 Å². The summed E-state index contributed by atoms with van der Waals surface area (Å²) >= 11 is 3.27. The maximum Gasteiger partial charge on any atom is 0.416 e. The van der Waals surface area contributed by atoms with E-state index in [1.807, 2.05) is 13.8 Å². The van der Waals surface area contributed by atoms with Gasteiger partial charge in [0.15, 0.2) is 5.78 Å². The van der Waals surface area contributed by atoms with Crippen LogP contribution in [-0.2, 0) is 15.8 Å². The summed E-state index contributed by atoms with van der Waals surface area (Å²) in [5, 5.41) is 5.83. The zero-order valence-electron chi connectivity index (χ0n) is 18.8. The van der Waals surface area contributed by atoms with E-state index in [0.29, 0.717) is 22.3 Å². The van der Waals surface area contributed by atoms with E-state index in [1.54, 1.807) is 19.1 Å². The van der Waals surface area contributed by atoms with Gasteiger partial charge in [-0.15, -0.1) is 0 Å². The van der Waals surface area contributed by atoms with E-state index in [1.165, 1.54) is 24.4 Å². The topological polar surface area (TPSA) is 71.1 Å². The van der Waals surface area contributed by atoms with Gasteiger partial charge in [-0.25, -0.2) is 4.98 Å². The molecule has 34 heavy (non-hydrogen) atoms. The molecule has 9 heteroatoms. The molecule has 1 aliphatic carbocycles. The number of hydrogen-bond donors (Lipinski definition) is 2. The van der Waals surface area contributed by atoms with Crippen LogP contribution in [0.25, 0.3) is 0 Å². The van der Waals surface area contributed by atoms with Gasteiger partial charge in [0.25, 0.3) is 5.91 Å². The second-order valence-electron chi connectivity index (χ2n) is 9.33. The lowest BCUT2D eigenvalue weighted by atomic mass is 9.68. The van der Waals surface area contributed by atoms with Gasteiger partial charge in [0.05, 0.1) is 5.56 Å². The van der Waals surface area contributed by atoms with Crippen LogP contribution < -0.4 is 10.6 Å². The Morgan fingerprint density at radius 1 is 1.18 bits per heavy atom. The van der Waals surface area contributed by atoms with Crippen molar-refractivity contribution in [1.29, 1.82) is 0 Å². The molecule has 1 atom stereocenters. The number of rotatable bonds is 3. The van der Waals surface area contributed by atoms with Crippen LogP contribution in [-0.4, -0.2) is 16.7 Å². The number of carbonyl (C=O) groups excluding carboxylic acids is 2. The van der Waals surface area contributed by atoms with Crippen molar-refractivity contribution in [3.05, 3.63) is 80.7 Å². The standard InChI is InChI=1S/C25H23BrF3N3O2/c1-13-20(23(34)32-19-9-8-14(26)12-30-19)21(15-6-4-5-7-16(15)25(27,28)29)22-17(31-13)10-24(2,3)11-18(22)33/h4-9,12,21,31H,10-11H2,1-3H3,(H,30,32,34). The van der Waals surface area contributed by atoms with Crippen LogP contribution >= 0.6 is 15.9 Å². The zero-order valence-corrected chi connectivity index (χ0v) is 20.4. The molecule has 1 aliphatic heterocycles. The Balaban J connectivity index is 1.88. The summed E-state index contributed by atoms with van der Waals surface area (Å²) < 4.78 is 42.7. The second kappa shape index (κ2) is 8.69. The summed E-state index contributed by atoms with van der Waals surface area (Å²) in [5.74, 6) is -1.80. The smallest absolute Gasteiger partial charge is 0.362 e. The number of pyridine rings is 1. The van der Waals surface area contributed by atoms with Crippen molar-refractivity contribution < 1.29 is 22.8 Å². The molecule has 0 saturated heterocycles. The molecule has 0 fully saturated rings. The fourth-order valence-electron chi connectivity index (χ4n) is 4.69. The molecular formula is C25H23BrF3N3O2. The summed E-state index contributed by atoms with van der Waals surface area (Å²) in [6, 6.07) is 8.38. The monoisotopic (exact) mass is 533 g/mol. The Morgan fingerprint density at radius 3 is 2.53 bits per heavy atom. The number of anilines is 1. The molecule has 2 aliphatic rings. The number of Topliss-reactive ketones (excluding diaryl/α,β-unsaturated/α-hetero) is 1. The number of nitrogens with zero attached hydrogens (tertiary/aromatic N) is 1. The van der Waals surface area contributed by atoms with Crippen molar-refractivity contribution in [3.8, 4) is 0 Å². The second-order valence-corrected chi connectivity index (χ2v) is 10.2. The summed E-state index contributed by atoms with van der Waals surface area (Å²) in [6.07, 6.45) is -2.48. The number of amides is 1. The van der Waals surface area contributed by atoms with Crippen LogP contribution in [0.2, 0.25) is 0 Å². The Labute approximate surface area is 203 Å². The Bertz CT molecular complexity index is 1230. The van der Waals surface area contributed by atoms with E-state index in [0.717, 1.165) is 6.07 Å². The molecule has 4 rings (SSSR count). The number of aromatic nitrogens is 1. The molecule has 5 nitrogen and oxygen atoms in total. The van der Waals surface area contributed by atoms with Gasteiger partial charge in [0.2, 0.25) is 0 Å². The molecule has 0 bridgehead atoms. The lowest BCUT2D eigenvalue weighted by molar-refractivity contribution is -0.138. The average Bonchev–Trinajstić information content (AvgIpc) is 2.72. The van der Waals surface area contributed by atoms with Crippen LogP contribution in [0.1, 0.15) is 50.7 Å². The Kier molecular flexibility index (Phi) is 6.18. The molecule has 1 aromatic heterocycles. The van der Waals surface area contributed by atoms with Gasteiger partial charge in [0.1, 0.15) is 5.82 Å². The molecule has 1 unspecified atom stereocenters. The van der Waals surface area contributed by atoms with E-state index < -0.39 is 23.6 Å². The Morgan fingerprint density at radius 2 is 1.88 bits per heavy atom. The van der Waals surface area contributed by atoms with Crippen LogP contribution in [0, 0.1) is 5.41 Å². The summed E-state index contributed by atoms with van der Waals surface area (Å²) in [5.41, 5.74) is -0.0847. The number of hydrogen-bond acceptors (Lipinski definition) is 4. The Hall–Kier alpha value is -2.94. The first-order valence-electron chi connectivity index (χ1n) is 10.7. The third kappa shape index (κ3) is 4.66. The van der Waals surface area contributed by atoms with Crippen molar-refractivity contribution in [3.63, 3.8) is 0 Å². The zero-order chi connectivity index (χ0) is 24.8. The lowest BCUT2D eigenvalue weighted by Gasteiger charge is -2.40. The van der Waals surface area contributed by atoms with Gasteiger partial charge in [-0.2, -0.15) is 13.2 Å². The predicted molar refractivity (Wildman–Crippen MR) is 126 cm³/mol. The number of carbonyl (C=O) groups is 2. The van der Waals surface area contributed by atoms with E-state index >= 15 is 0 Å². The molecule has 178 valence electrons. The highest BCUT2D eigenvalue weighted by atomic mass is 79.9. The molecule has 2 aromatic rings. The maximum atomic E-state index is 14.0. The summed E-state index contributed by atoms with van der Waals surface area (Å²) in [7, 11) is 0.